The van der Waals surface area contributed by atoms with E-state index in [-0.39, 0.29) is 5.92 Å². The molecule has 0 aliphatic heterocycles. The third kappa shape index (κ3) is 4.61. The molecule has 0 aromatic heterocycles. The van der Waals surface area contributed by atoms with Gasteiger partial charge in [-0.1, -0.05) is 41.1 Å². The van der Waals surface area contributed by atoms with Crippen LogP contribution in [0.3, 0.4) is 0 Å². The molecule has 0 aliphatic rings. The van der Waals surface area contributed by atoms with Gasteiger partial charge >= 0.3 is 0 Å². The smallest absolute Gasteiger partial charge is 0.129 e. The van der Waals surface area contributed by atoms with Crippen molar-refractivity contribution in [1.29, 1.82) is 0 Å². The van der Waals surface area contributed by atoms with E-state index < -0.39 is 11.6 Å². The SMILES string of the molecule is CCNCC(Cc1ccc(F)cc1F)c1ccc(Br)cc1. The minimum atomic E-state index is -0.539. The first-order valence-electron chi connectivity index (χ1n) is 7.00. The lowest BCUT2D eigenvalue weighted by molar-refractivity contribution is 0.547. The highest BCUT2D eigenvalue weighted by Crippen LogP contribution is 2.24. The molecule has 0 heterocycles. The lowest BCUT2D eigenvalue weighted by atomic mass is 9.91. The zero-order valence-corrected chi connectivity index (χ0v) is 13.5. The van der Waals surface area contributed by atoms with Crippen molar-refractivity contribution in [3.8, 4) is 0 Å². The maximum absolute atomic E-state index is 13.8. The Hall–Kier alpha value is -1.26. The Bertz CT molecular complexity index is 584. The Morgan fingerprint density at radius 1 is 1.10 bits per heavy atom. The van der Waals surface area contributed by atoms with Crippen molar-refractivity contribution in [2.24, 2.45) is 0 Å². The van der Waals surface area contributed by atoms with Gasteiger partial charge in [0.25, 0.3) is 0 Å². The van der Waals surface area contributed by atoms with Gasteiger partial charge in [-0.3, -0.25) is 0 Å². The summed E-state index contributed by atoms with van der Waals surface area (Å²) in [6.45, 7) is 3.66. The predicted molar refractivity (Wildman–Crippen MR) is 85.5 cm³/mol. The predicted octanol–water partition coefficient (Wildman–Crippen LogP) is 4.66. The van der Waals surface area contributed by atoms with E-state index in [1.54, 1.807) is 0 Å². The second-order valence-electron chi connectivity index (χ2n) is 5.00. The molecule has 1 unspecified atom stereocenters. The van der Waals surface area contributed by atoms with Crippen LogP contribution in [0.2, 0.25) is 0 Å². The van der Waals surface area contributed by atoms with Gasteiger partial charge in [0, 0.05) is 23.0 Å². The van der Waals surface area contributed by atoms with Crippen molar-refractivity contribution in [2.45, 2.75) is 19.3 Å². The Labute approximate surface area is 132 Å². The molecule has 4 heteroatoms. The molecule has 2 aromatic carbocycles. The van der Waals surface area contributed by atoms with E-state index in [9.17, 15) is 8.78 Å². The maximum Gasteiger partial charge on any atom is 0.129 e. The Morgan fingerprint density at radius 3 is 2.43 bits per heavy atom. The van der Waals surface area contributed by atoms with Crippen molar-refractivity contribution < 1.29 is 8.78 Å². The van der Waals surface area contributed by atoms with Crippen LogP contribution in [0.25, 0.3) is 0 Å². The van der Waals surface area contributed by atoms with Crippen LogP contribution in [0.1, 0.15) is 24.0 Å². The first-order valence-corrected chi connectivity index (χ1v) is 7.79. The number of hydrogen-bond donors (Lipinski definition) is 1. The molecular formula is C17H18BrF2N. The lowest BCUT2D eigenvalue weighted by Gasteiger charge is -2.18. The van der Waals surface area contributed by atoms with Gasteiger partial charge in [0.05, 0.1) is 0 Å². The normalized spacial score (nSPS) is 12.4. The third-order valence-corrected chi connectivity index (χ3v) is 3.99. The highest BCUT2D eigenvalue weighted by Gasteiger charge is 2.15. The van der Waals surface area contributed by atoms with Crippen LogP contribution in [0.4, 0.5) is 8.78 Å². The molecule has 0 saturated carbocycles. The van der Waals surface area contributed by atoms with Crippen LogP contribution >= 0.6 is 15.9 Å². The standard InChI is InChI=1S/C17H18BrF2N/c1-2-21-11-14(12-3-6-15(18)7-4-12)9-13-5-8-16(19)10-17(13)20/h3-8,10,14,21H,2,9,11H2,1H3. The van der Waals surface area contributed by atoms with E-state index in [0.717, 1.165) is 29.2 Å². The average molecular weight is 354 g/mol. The number of halogens is 3. The fourth-order valence-corrected chi connectivity index (χ4v) is 2.58. The Morgan fingerprint density at radius 2 is 1.81 bits per heavy atom. The molecule has 0 radical (unpaired) electrons. The van der Waals surface area contributed by atoms with E-state index in [1.807, 2.05) is 31.2 Å². The van der Waals surface area contributed by atoms with Crippen LogP contribution in [-0.2, 0) is 6.42 Å². The molecule has 0 bridgehead atoms. The monoisotopic (exact) mass is 353 g/mol. The van der Waals surface area contributed by atoms with E-state index in [2.05, 4.69) is 21.2 Å². The second-order valence-corrected chi connectivity index (χ2v) is 5.91. The summed E-state index contributed by atoms with van der Waals surface area (Å²) in [4.78, 5) is 0. The van der Waals surface area contributed by atoms with Crippen LogP contribution < -0.4 is 5.32 Å². The number of nitrogens with one attached hydrogen (secondary N) is 1. The van der Waals surface area contributed by atoms with Gasteiger partial charge in [0.1, 0.15) is 11.6 Å². The summed E-state index contributed by atoms with van der Waals surface area (Å²) >= 11 is 3.42. The molecule has 0 fully saturated rings. The fourth-order valence-electron chi connectivity index (χ4n) is 2.31. The summed E-state index contributed by atoms with van der Waals surface area (Å²) in [5, 5.41) is 3.30. The van der Waals surface area contributed by atoms with Gasteiger partial charge in [0.2, 0.25) is 0 Å². The highest BCUT2D eigenvalue weighted by atomic mass is 79.9. The van der Waals surface area contributed by atoms with Gasteiger partial charge < -0.3 is 5.32 Å². The largest absolute Gasteiger partial charge is 0.316 e. The molecule has 1 atom stereocenters. The number of hydrogen-bond acceptors (Lipinski definition) is 1. The molecule has 0 amide bonds. The van der Waals surface area contributed by atoms with Crippen molar-refractivity contribution in [3.63, 3.8) is 0 Å². The van der Waals surface area contributed by atoms with Crippen LogP contribution in [0.5, 0.6) is 0 Å². The zero-order chi connectivity index (χ0) is 15.2. The van der Waals surface area contributed by atoms with Crippen LogP contribution in [0, 0.1) is 11.6 Å². The second kappa shape index (κ2) is 7.66. The molecule has 1 nitrogen and oxygen atoms in total. The molecule has 2 rings (SSSR count). The summed E-state index contributed by atoms with van der Waals surface area (Å²) in [7, 11) is 0. The minimum Gasteiger partial charge on any atom is -0.316 e. The molecule has 0 saturated heterocycles. The van der Waals surface area contributed by atoms with Gasteiger partial charge in [-0.2, -0.15) is 0 Å². The molecule has 1 N–H and O–H groups in total. The topological polar surface area (TPSA) is 12.0 Å². The number of rotatable bonds is 6. The molecule has 0 aliphatic carbocycles. The van der Waals surface area contributed by atoms with Crippen molar-refractivity contribution in [3.05, 3.63) is 69.7 Å². The van der Waals surface area contributed by atoms with Gasteiger partial charge in [0.15, 0.2) is 0 Å². The molecule has 2 aromatic rings. The maximum atomic E-state index is 13.8. The van der Waals surface area contributed by atoms with Crippen molar-refractivity contribution >= 4 is 15.9 Å². The van der Waals surface area contributed by atoms with Gasteiger partial charge in [-0.05, 0) is 42.3 Å². The molecule has 0 spiro atoms. The van der Waals surface area contributed by atoms with Gasteiger partial charge in [-0.15, -0.1) is 0 Å². The highest BCUT2D eigenvalue weighted by molar-refractivity contribution is 9.10. The summed E-state index contributed by atoms with van der Waals surface area (Å²) in [5.41, 5.74) is 1.69. The third-order valence-electron chi connectivity index (χ3n) is 3.46. The Kier molecular flexibility index (Phi) is 5.88. The lowest BCUT2D eigenvalue weighted by Crippen LogP contribution is -2.23. The van der Waals surface area contributed by atoms with Crippen LogP contribution in [-0.4, -0.2) is 13.1 Å². The van der Waals surface area contributed by atoms with Crippen molar-refractivity contribution in [2.75, 3.05) is 13.1 Å². The van der Waals surface area contributed by atoms with E-state index in [4.69, 9.17) is 0 Å². The fraction of sp³-hybridized carbons (Fsp3) is 0.294. The summed E-state index contributed by atoms with van der Waals surface area (Å²) < 4.78 is 27.9. The summed E-state index contributed by atoms with van der Waals surface area (Å²) in [6, 6.07) is 11.8. The van der Waals surface area contributed by atoms with E-state index in [1.165, 1.54) is 12.1 Å². The number of likely N-dealkylation sites (N-methyl/N-ethyl adjacent to an activating group) is 1. The zero-order valence-electron chi connectivity index (χ0n) is 11.9. The molecule has 112 valence electrons. The summed E-state index contributed by atoms with van der Waals surface area (Å²) in [5.74, 6) is -0.866. The number of benzene rings is 2. The van der Waals surface area contributed by atoms with Gasteiger partial charge in [-0.25, -0.2) is 8.78 Å². The first kappa shape index (κ1) is 16.1. The van der Waals surface area contributed by atoms with Crippen molar-refractivity contribution in [1.82, 2.24) is 5.32 Å². The quantitative estimate of drug-likeness (QED) is 0.795. The molecular weight excluding hydrogens is 336 g/mol. The van der Waals surface area contributed by atoms with Crippen LogP contribution in [0.15, 0.2) is 46.9 Å². The summed E-state index contributed by atoms with van der Waals surface area (Å²) in [6.07, 6.45) is 0.542. The van der Waals surface area contributed by atoms with E-state index >= 15 is 0 Å². The van der Waals surface area contributed by atoms with E-state index in [0.29, 0.717) is 12.0 Å². The average Bonchev–Trinajstić information content (AvgIpc) is 2.46. The molecule has 21 heavy (non-hydrogen) atoms. The minimum absolute atomic E-state index is 0.151. The first-order chi connectivity index (χ1) is 10.1. The Balaban J connectivity index is 2.21.